The Morgan fingerprint density at radius 3 is 2.80 bits per heavy atom. The zero-order valence-electron chi connectivity index (χ0n) is 20.0. The topological polar surface area (TPSA) is 97.7 Å². The molecule has 9 heteroatoms. The smallest absolute Gasteiger partial charge is 0.258 e. The molecule has 0 radical (unpaired) electrons. The molecule has 1 saturated carbocycles. The number of nitrogens with one attached hydrogen (secondary N) is 2. The summed E-state index contributed by atoms with van der Waals surface area (Å²) in [5, 5.41) is 14.0. The number of fused-ring (bicyclic) bond motifs is 1. The predicted octanol–water partition coefficient (Wildman–Crippen LogP) is 5.49. The average Bonchev–Trinajstić information content (AvgIpc) is 3.30. The van der Waals surface area contributed by atoms with E-state index in [1.165, 1.54) is 19.3 Å². The normalized spacial score (nSPS) is 15.3. The second kappa shape index (κ2) is 10.5. The van der Waals surface area contributed by atoms with Gasteiger partial charge < -0.3 is 19.6 Å². The molecule has 0 bridgehead atoms. The van der Waals surface area contributed by atoms with Gasteiger partial charge in [-0.15, -0.1) is 10.2 Å². The lowest BCUT2D eigenvalue weighted by Gasteiger charge is -2.26. The number of thioether (sulfide) groups is 1. The fourth-order valence-electron chi connectivity index (χ4n) is 4.64. The van der Waals surface area contributed by atoms with Crippen LogP contribution in [0.25, 0.3) is 10.9 Å². The molecule has 35 heavy (non-hydrogen) atoms. The summed E-state index contributed by atoms with van der Waals surface area (Å²) in [5.41, 5.74) is 1.56. The largest absolute Gasteiger partial charge is 0.497 e. The number of benzene rings is 2. The second-order valence-corrected chi connectivity index (χ2v) is 10.2. The van der Waals surface area contributed by atoms with Crippen LogP contribution in [0.3, 0.4) is 0 Å². The Balaban J connectivity index is 1.41. The monoisotopic (exact) mass is 490 g/mol. The SMILES string of the molecule is COc1cccc(NCc2nnc(SC(C)c3nc4ccccc4c(=O)[nH]3)n2C2CCCCC2)c1. The highest BCUT2D eigenvalue weighted by atomic mass is 32.2. The van der Waals surface area contributed by atoms with Crippen molar-refractivity contribution < 1.29 is 4.74 Å². The third-order valence-electron chi connectivity index (χ3n) is 6.49. The maximum absolute atomic E-state index is 12.6. The standard InChI is InChI=1S/C26H30N6O2S/c1-17(24-28-22-14-7-6-13-21(22)25(33)29-24)35-26-31-30-23(32(26)19-10-4-3-5-11-19)16-27-18-9-8-12-20(15-18)34-2/h6-9,12-15,17,19,27H,3-5,10-11,16H2,1-2H3,(H,28,29,33). The molecule has 1 unspecified atom stereocenters. The first-order chi connectivity index (χ1) is 17.1. The number of methoxy groups -OCH3 is 1. The Morgan fingerprint density at radius 1 is 1.14 bits per heavy atom. The zero-order chi connectivity index (χ0) is 24.2. The Morgan fingerprint density at radius 2 is 1.97 bits per heavy atom. The van der Waals surface area contributed by atoms with E-state index in [0.29, 0.717) is 29.3 Å². The van der Waals surface area contributed by atoms with Gasteiger partial charge in [-0.25, -0.2) is 4.98 Å². The third-order valence-corrected chi connectivity index (χ3v) is 7.56. The summed E-state index contributed by atoms with van der Waals surface area (Å²) in [6.45, 7) is 2.61. The minimum atomic E-state index is -0.116. The molecule has 8 nitrogen and oxygen atoms in total. The molecule has 1 atom stereocenters. The van der Waals surface area contributed by atoms with E-state index >= 15 is 0 Å². The van der Waals surface area contributed by atoms with Crippen molar-refractivity contribution in [3.05, 3.63) is 70.5 Å². The molecule has 2 aromatic carbocycles. The number of H-pyrrole nitrogens is 1. The van der Waals surface area contributed by atoms with Gasteiger partial charge in [0, 0.05) is 17.8 Å². The molecular formula is C26H30N6O2S. The van der Waals surface area contributed by atoms with Crippen molar-refractivity contribution in [3.63, 3.8) is 0 Å². The van der Waals surface area contributed by atoms with Gasteiger partial charge in [-0.05, 0) is 44.0 Å². The van der Waals surface area contributed by atoms with Crippen LogP contribution >= 0.6 is 11.8 Å². The number of aromatic nitrogens is 5. The Hall–Kier alpha value is -3.33. The van der Waals surface area contributed by atoms with Gasteiger partial charge >= 0.3 is 0 Å². The lowest BCUT2D eigenvalue weighted by Crippen LogP contribution is -2.19. The molecular weight excluding hydrogens is 460 g/mol. The molecule has 1 fully saturated rings. The van der Waals surface area contributed by atoms with Gasteiger partial charge in [0.1, 0.15) is 11.6 Å². The van der Waals surface area contributed by atoms with E-state index in [1.54, 1.807) is 24.9 Å². The van der Waals surface area contributed by atoms with E-state index < -0.39 is 0 Å². The van der Waals surface area contributed by atoms with Crippen LogP contribution in [0, 0.1) is 0 Å². The van der Waals surface area contributed by atoms with Crippen LogP contribution < -0.4 is 15.6 Å². The van der Waals surface area contributed by atoms with Crippen LogP contribution in [-0.2, 0) is 6.54 Å². The molecule has 1 aliphatic carbocycles. The number of para-hydroxylation sites is 1. The van der Waals surface area contributed by atoms with Gasteiger partial charge in [0.2, 0.25) is 0 Å². The molecule has 0 amide bonds. The lowest BCUT2D eigenvalue weighted by molar-refractivity contribution is 0.330. The molecule has 4 aromatic rings. The lowest BCUT2D eigenvalue weighted by atomic mass is 9.95. The first kappa shape index (κ1) is 23.4. The van der Waals surface area contributed by atoms with Gasteiger partial charge in [0.25, 0.3) is 5.56 Å². The number of anilines is 1. The average molecular weight is 491 g/mol. The van der Waals surface area contributed by atoms with Crippen molar-refractivity contribution in [3.8, 4) is 5.75 Å². The minimum absolute atomic E-state index is 0.0851. The van der Waals surface area contributed by atoms with Gasteiger partial charge in [0.05, 0.1) is 29.8 Å². The third kappa shape index (κ3) is 5.19. The van der Waals surface area contributed by atoms with Gasteiger partial charge in [-0.2, -0.15) is 0 Å². The highest BCUT2D eigenvalue weighted by Gasteiger charge is 2.25. The summed E-state index contributed by atoms with van der Waals surface area (Å²) >= 11 is 1.59. The molecule has 0 spiro atoms. The maximum atomic E-state index is 12.6. The van der Waals surface area contributed by atoms with Crippen LogP contribution in [0.15, 0.2) is 58.5 Å². The van der Waals surface area contributed by atoms with Crippen LogP contribution in [-0.4, -0.2) is 31.8 Å². The minimum Gasteiger partial charge on any atom is -0.497 e. The molecule has 2 aromatic heterocycles. The summed E-state index contributed by atoms with van der Waals surface area (Å²) < 4.78 is 7.64. The summed E-state index contributed by atoms with van der Waals surface area (Å²) in [6.07, 6.45) is 5.95. The number of hydrogen-bond acceptors (Lipinski definition) is 7. The molecule has 182 valence electrons. The van der Waals surface area contributed by atoms with Gasteiger partial charge in [-0.3, -0.25) is 4.79 Å². The number of nitrogens with zero attached hydrogens (tertiary/aromatic N) is 4. The molecule has 5 rings (SSSR count). The second-order valence-electron chi connectivity index (χ2n) is 8.87. The number of hydrogen-bond donors (Lipinski definition) is 2. The first-order valence-corrected chi connectivity index (χ1v) is 13.0. The van der Waals surface area contributed by atoms with Crippen molar-refractivity contribution in [2.45, 2.75) is 62.0 Å². The Kier molecular flexibility index (Phi) is 7.03. The number of ether oxygens (including phenoxy) is 1. The van der Waals surface area contributed by atoms with Crippen molar-refractivity contribution in [2.75, 3.05) is 12.4 Å². The van der Waals surface area contributed by atoms with Crippen LogP contribution in [0.5, 0.6) is 5.75 Å². The summed E-state index contributed by atoms with van der Waals surface area (Å²) in [7, 11) is 1.67. The van der Waals surface area contributed by atoms with E-state index in [9.17, 15) is 4.79 Å². The van der Waals surface area contributed by atoms with Crippen molar-refractivity contribution in [1.82, 2.24) is 24.7 Å². The maximum Gasteiger partial charge on any atom is 0.258 e. The molecule has 0 aliphatic heterocycles. The van der Waals surface area contributed by atoms with E-state index in [0.717, 1.165) is 35.3 Å². The fourth-order valence-corrected chi connectivity index (χ4v) is 5.63. The Labute approximate surface area is 208 Å². The molecule has 2 heterocycles. The summed E-state index contributed by atoms with van der Waals surface area (Å²) in [6, 6.07) is 15.7. The van der Waals surface area contributed by atoms with E-state index in [4.69, 9.17) is 9.72 Å². The summed E-state index contributed by atoms with van der Waals surface area (Å²) in [5.74, 6) is 2.37. The molecule has 2 N–H and O–H groups in total. The van der Waals surface area contributed by atoms with Crippen molar-refractivity contribution >= 4 is 28.4 Å². The quantitative estimate of drug-likeness (QED) is 0.315. The number of rotatable bonds is 8. The molecule has 0 saturated heterocycles. The van der Waals surface area contributed by atoms with E-state index in [-0.39, 0.29) is 10.8 Å². The number of aromatic amines is 1. The van der Waals surface area contributed by atoms with Crippen molar-refractivity contribution in [2.24, 2.45) is 0 Å². The zero-order valence-corrected chi connectivity index (χ0v) is 20.8. The predicted molar refractivity (Wildman–Crippen MR) is 139 cm³/mol. The van der Waals surface area contributed by atoms with E-state index in [2.05, 4.69) is 25.1 Å². The van der Waals surface area contributed by atoms with Crippen molar-refractivity contribution in [1.29, 1.82) is 0 Å². The van der Waals surface area contributed by atoms with Crippen LogP contribution in [0.2, 0.25) is 0 Å². The van der Waals surface area contributed by atoms with Crippen LogP contribution in [0.1, 0.15) is 62.0 Å². The molecule has 1 aliphatic rings. The van der Waals surface area contributed by atoms with Gasteiger partial charge in [0.15, 0.2) is 11.0 Å². The highest BCUT2D eigenvalue weighted by molar-refractivity contribution is 7.99. The first-order valence-electron chi connectivity index (χ1n) is 12.1. The van der Waals surface area contributed by atoms with Crippen LogP contribution in [0.4, 0.5) is 5.69 Å². The van der Waals surface area contributed by atoms with Gasteiger partial charge in [-0.1, -0.05) is 49.2 Å². The fraction of sp³-hybridized carbons (Fsp3) is 0.385. The summed E-state index contributed by atoms with van der Waals surface area (Å²) in [4.78, 5) is 20.3. The highest BCUT2D eigenvalue weighted by Crippen LogP contribution is 2.37. The Bertz CT molecular complexity index is 1360. The van der Waals surface area contributed by atoms with E-state index in [1.807, 2.05) is 49.4 Å².